The van der Waals surface area contributed by atoms with Crippen LogP contribution in [0.2, 0.25) is 0 Å². The zero-order valence-corrected chi connectivity index (χ0v) is 13.1. The predicted molar refractivity (Wildman–Crippen MR) is 83.6 cm³/mol. The molecule has 0 unspecified atom stereocenters. The molecule has 7 heteroatoms. The first-order valence-electron chi connectivity index (χ1n) is 6.86. The maximum atomic E-state index is 12.3. The molecule has 6 nitrogen and oxygen atoms in total. The number of hydrogen-bond donors (Lipinski definition) is 3. The van der Waals surface area contributed by atoms with Gasteiger partial charge >= 0.3 is 0 Å². The van der Waals surface area contributed by atoms with E-state index in [4.69, 9.17) is 5.73 Å². The number of nitrogens with one attached hydrogen (secondary N) is 2. The Hall–Kier alpha value is -1.60. The van der Waals surface area contributed by atoms with Crippen LogP contribution in [0.25, 0.3) is 0 Å². The van der Waals surface area contributed by atoms with E-state index in [2.05, 4.69) is 10.0 Å². The molecule has 116 valence electrons. The second-order valence-electron chi connectivity index (χ2n) is 5.70. The highest BCUT2D eigenvalue weighted by molar-refractivity contribution is 7.92. The van der Waals surface area contributed by atoms with Crippen LogP contribution in [0.1, 0.15) is 24.8 Å². The Morgan fingerprint density at radius 1 is 1.38 bits per heavy atom. The molecule has 0 saturated heterocycles. The molecule has 0 aliphatic heterocycles. The number of benzene rings is 1. The van der Waals surface area contributed by atoms with E-state index in [-0.39, 0.29) is 5.91 Å². The van der Waals surface area contributed by atoms with E-state index in [1.165, 1.54) is 0 Å². The first-order valence-corrected chi connectivity index (χ1v) is 8.75. The van der Waals surface area contributed by atoms with Crippen molar-refractivity contribution < 1.29 is 13.2 Å². The zero-order chi connectivity index (χ0) is 15.7. The van der Waals surface area contributed by atoms with Gasteiger partial charge in [0.1, 0.15) is 0 Å². The topological polar surface area (TPSA) is 101 Å². The first kappa shape index (κ1) is 15.8. The smallest absolute Gasteiger partial charge is 0.231 e. The highest BCUT2D eigenvalue weighted by atomic mass is 32.2. The lowest BCUT2D eigenvalue weighted by molar-refractivity contribution is -0.129. The van der Waals surface area contributed by atoms with Crippen LogP contribution < -0.4 is 15.8 Å². The molecule has 4 N–H and O–H groups in total. The Morgan fingerprint density at radius 2 is 2.05 bits per heavy atom. The molecular weight excluding hydrogens is 290 g/mol. The number of rotatable bonds is 5. The molecule has 0 spiro atoms. The van der Waals surface area contributed by atoms with E-state index in [0.29, 0.717) is 17.9 Å². The fourth-order valence-electron chi connectivity index (χ4n) is 2.45. The Balaban J connectivity index is 2.12. The van der Waals surface area contributed by atoms with Gasteiger partial charge in [-0.1, -0.05) is 6.42 Å². The number of anilines is 2. The van der Waals surface area contributed by atoms with Gasteiger partial charge in [0.15, 0.2) is 0 Å². The van der Waals surface area contributed by atoms with Crippen LogP contribution in [0.15, 0.2) is 18.2 Å². The molecule has 0 bridgehead atoms. The average Bonchev–Trinajstić information content (AvgIpc) is 2.30. The molecule has 2 rings (SSSR count). The molecule has 1 amide bonds. The Labute approximate surface area is 125 Å². The number of amides is 1. The van der Waals surface area contributed by atoms with E-state index < -0.39 is 15.4 Å². The van der Waals surface area contributed by atoms with Crippen molar-refractivity contribution in [2.24, 2.45) is 11.1 Å². The molecule has 0 aromatic heterocycles. The number of sulfonamides is 1. The Kier molecular flexibility index (Phi) is 4.25. The molecule has 0 radical (unpaired) electrons. The van der Waals surface area contributed by atoms with E-state index in [1.54, 1.807) is 25.1 Å². The lowest BCUT2D eigenvalue weighted by atomic mass is 9.68. The van der Waals surface area contributed by atoms with E-state index in [9.17, 15) is 13.2 Å². The summed E-state index contributed by atoms with van der Waals surface area (Å²) in [5, 5.41) is 2.87. The van der Waals surface area contributed by atoms with E-state index >= 15 is 0 Å². The Morgan fingerprint density at radius 3 is 2.48 bits per heavy atom. The van der Waals surface area contributed by atoms with Crippen LogP contribution in [0.5, 0.6) is 0 Å². The number of carbonyl (C=O) groups is 1. The quantitative estimate of drug-likeness (QED) is 0.765. The van der Waals surface area contributed by atoms with Crippen molar-refractivity contribution in [1.82, 2.24) is 0 Å². The molecule has 1 aromatic rings. The van der Waals surface area contributed by atoms with E-state index in [1.807, 2.05) is 0 Å². The standard InChI is InChI=1S/C14H21N3O3S/c1-10-8-11(4-5-12(10)17-21(2,19)20)16-13(18)14(9-15)6-3-7-14/h4-5,8,17H,3,6-7,9,15H2,1-2H3,(H,16,18). The van der Waals surface area contributed by atoms with Crippen LogP contribution >= 0.6 is 0 Å². The van der Waals surface area contributed by atoms with Gasteiger partial charge in [0.05, 0.1) is 17.4 Å². The highest BCUT2D eigenvalue weighted by Gasteiger charge is 2.42. The van der Waals surface area contributed by atoms with Crippen molar-refractivity contribution in [3.8, 4) is 0 Å². The van der Waals surface area contributed by atoms with Crippen molar-refractivity contribution >= 4 is 27.3 Å². The number of nitrogens with two attached hydrogens (primary N) is 1. The second kappa shape index (κ2) is 5.65. The molecule has 1 aliphatic rings. The normalized spacial score (nSPS) is 16.9. The van der Waals surface area contributed by atoms with Crippen molar-refractivity contribution in [1.29, 1.82) is 0 Å². The lowest BCUT2D eigenvalue weighted by Crippen LogP contribution is -2.47. The van der Waals surface area contributed by atoms with Crippen LogP contribution in [-0.4, -0.2) is 27.1 Å². The van der Waals surface area contributed by atoms with Crippen molar-refractivity contribution in [3.63, 3.8) is 0 Å². The number of carbonyl (C=O) groups excluding carboxylic acids is 1. The second-order valence-corrected chi connectivity index (χ2v) is 7.44. The monoisotopic (exact) mass is 311 g/mol. The molecular formula is C14H21N3O3S. The van der Waals surface area contributed by atoms with Crippen LogP contribution in [0, 0.1) is 12.3 Å². The summed E-state index contributed by atoms with van der Waals surface area (Å²) in [6, 6.07) is 5.07. The maximum absolute atomic E-state index is 12.3. The summed E-state index contributed by atoms with van der Waals surface area (Å²) in [5.41, 5.74) is 7.18. The third kappa shape index (κ3) is 3.54. The average molecular weight is 311 g/mol. The fourth-order valence-corrected chi connectivity index (χ4v) is 3.08. The summed E-state index contributed by atoms with van der Waals surface area (Å²) in [7, 11) is -3.31. The van der Waals surface area contributed by atoms with Gasteiger partial charge in [-0.3, -0.25) is 9.52 Å². The summed E-state index contributed by atoms with van der Waals surface area (Å²) in [6.45, 7) is 2.14. The van der Waals surface area contributed by atoms with Crippen molar-refractivity contribution in [2.75, 3.05) is 22.8 Å². The van der Waals surface area contributed by atoms with Gasteiger partial charge in [-0.25, -0.2) is 8.42 Å². The summed E-state index contributed by atoms with van der Waals surface area (Å²) in [5.74, 6) is -0.0560. The van der Waals surface area contributed by atoms with E-state index in [0.717, 1.165) is 31.1 Å². The Bertz CT molecular complexity index is 646. The highest BCUT2D eigenvalue weighted by Crippen LogP contribution is 2.40. The van der Waals surface area contributed by atoms with Gasteiger partial charge in [0, 0.05) is 12.2 Å². The third-order valence-electron chi connectivity index (χ3n) is 3.96. The predicted octanol–water partition coefficient (Wildman–Crippen LogP) is 1.43. The van der Waals surface area contributed by atoms with Crippen molar-refractivity contribution in [2.45, 2.75) is 26.2 Å². The molecule has 1 aromatic carbocycles. The fraction of sp³-hybridized carbons (Fsp3) is 0.500. The summed E-state index contributed by atoms with van der Waals surface area (Å²) in [6.07, 6.45) is 3.77. The van der Waals surface area contributed by atoms with Crippen LogP contribution in [-0.2, 0) is 14.8 Å². The van der Waals surface area contributed by atoms with Gasteiger partial charge in [-0.15, -0.1) is 0 Å². The summed E-state index contributed by atoms with van der Waals surface area (Å²) >= 11 is 0. The van der Waals surface area contributed by atoms with Gasteiger partial charge in [0.25, 0.3) is 0 Å². The molecule has 0 heterocycles. The summed E-state index contributed by atoms with van der Waals surface area (Å²) < 4.78 is 24.9. The zero-order valence-electron chi connectivity index (χ0n) is 12.3. The van der Waals surface area contributed by atoms with Gasteiger partial charge < -0.3 is 11.1 Å². The van der Waals surface area contributed by atoms with Crippen LogP contribution in [0.4, 0.5) is 11.4 Å². The number of hydrogen-bond acceptors (Lipinski definition) is 4. The van der Waals surface area contributed by atoms with Gasteiger partial charge in [-0.05, 0) is 43.5 Å². The van der Waals surface area contributed by atoms with Gasteiger partial charge in [-0.2, -0.15) is 0 Å². The largest absolute Gasteiger partial charge is 0.329 e. The SMILES string of the molecule is Cc1cc(NC(=O)C2(CN)CCC2)ccc1NS(C)(=O)=O. The lowest BCUT2D eigenvalue weighted by Gasteiger charge is -2.39. The molecule has 1 saturated carbocycles. The maximum Gasteiger partial charge on any atom is 0.231 e. The number of aryl methyl sites for hydroxylation is 1. The molecule has 1 aliphatic carbocycles. The molecule has 21 heavy (non-hydrogen) atoms. The first-order chi connectivity index (χ1) is 9.76. The van der Waals surface area contributed by atoms with Crippen LogP contribution in [0.3, 0.4) is 0 Å². The van der Waals surface area contributed by atoms with Gasteiger partial charge in [0.2, 0.25) is 15.9 Å². The summed E-state index contributed by atoms with van der Waals surface area (Å²) in [4.78, 5) is 12.3. The minimum atomic E-state index is -3.31. The molecule has 1 fully saturated rings. The minimum Gasteiger partial charge on any atom is -0.329 e. The third-order valence-corrected chi connectivity index (χ3v) is 4.55. The van der Waals surface area contributed by atoms with Crippen molar-refractivity contribution in [3.05, 3.63) is 23.8 Å². The molecule has 0 atom stereocenters. The minimum absolute atomic E-state index is 0.0560.